The number of nitrogens with zero attached hydrogens (tertiary/aromatic N) is 4. The number of likely N-dealkylation sites (tertiary alicyclic amines) is 1. The van der Waals surface area contributed by atoms with E-state index in [0.29, 0.717) is 12.3 Å². The standard InChI is InChI=1S/C18H34N4O/c1-3-5-6-16(4-2)13-21-10-7-17(8-11-21)14-22-15-18(9-12-23)19-20-22/h15-17,23H,3-14H2,1-2H3. The monoisotopic (exact) mass is 322 g/mol. The highest BCUT2D eigenvalue weighted by Crippen LogP contribution is 2.22. The maximum absolute atomic E-state index is 8.94. The predicted molar refractivity (Wildman–Crippen MR) is 93.3 cm³/mol. The number of piperidine rings is 1. The van der Waals surface area contributed by atoms with Crippen LogP contribution in [0.25, 0.3) is 0 Å². The molecule has 5 nitrogen and oxygen atoms in total. The minimum absolute atomic E-state index is 0.147. The van der Waals surface area contributed by atoms with Crippen molar-refractivity contribution < 1.29 is 5.11 Å². The van der Waals surface area contributed by atoms with E-state index in [9.17, 15) is 0 Å². The van der Waals surface area contributed by atoms with Gasteiger partial charge in [-0.2, -0.15) is 0 Å². The van der Waals surface area contributed by atoms with E-state index >= 15 is 0 Å². The molecule has 1 aromatic heterocycles. The minimum Gasteiger partial charge on any atom is -0.396 e. The van der Waals surface area contributed by atoms with E-state index in [1.165, 1.54) is 58.2 Å². The van der Waals surface area contributed by atoms with Gasteiger partial charge in [-0.25, -0.2) is 0 Å². The fourth-order valence-electron chi connectivity index (χ4n) is 3.56. The lowest BCUT2D eigenvalue weighted by molar-refractivity contribution is 0.145. The van der Waals surface area contributed by atoms with Crippen LogP contribution in [0.5, 0.6) is 0 Å². The largest absolute Gasteiger partial charge is 0.396 e. The third-order valence-electron chi connectivity index (χ3n) is 5.17. The number of rotatable bonds is 10. The van der Waals surface area contributed by atoms with Crippen LogP contribution in [0.4, 0.5) is 0 Å². The summed E-state index contributed by atoms with van der Waals surface area (Å²) in [5, 5.41) is 17.2. The van der Waals surface area contributed by atoms with Crippen molar-refractivity contribution in [2.24, 2.45) is 11.8 Å². The highest BCUT2D eigenvalue weighted by molar-refractivity contribution is 4.92. The summed E-state index contributed by atoms with van der Waals surface area (Å²) in [5.74, 6) is 1.59. The Kier molecular flexibility index (Phi) is 8.03. The van der Waals surface area contributed by atoms with Crippen molar-refractivity contribution >= 4 is 0 Å². The van der Waals surface area contributed by atoms with Gasteiger partial charge < -0.3 is 10.0 Å². The van der Waals surface area contributed by atoms with Crippen molar-refractivity contribution in [2.45, 2.75) is 65.3 Å². The normalized spacial score (nSPS) is 18.4. The van der Waals surface area contributed by atoms with Crippen LogP contribution in [0, 0.1) is 11.8 Å². The van der Waals surface area contributed by atoms with E-state index in [2.05, 4.69) is 29.1 Å². The number of hydrogen-bond acceptors (Lipinski definition) is 4. The van der Waals surface area contributed by atoms with Gasteiger partial charge in [0, 0.05) is 32.3 Å². The van der Waals surface area contributed by atoms with Crippen molar-refractivity contribution in [3.63, 3.8) is 0 Å². The second-order valence-electron chi connectivity index (χ2n) is 7.07. The molecule has 23 heavy (non-hydrogen) atoms. The summed E-state index contributed by atoms with van der Waals surface area (Å²) in [6.07, 6.45) is 10.5. The fourth-order valence-corrected chi connectivity index (χ4v) is 3.56. The van der Waals surface area contributed by atoms with E-state index < -0.39 is 0 Å². The summed E-state index contributed by atoms with van der Waals surface area (Å²) >= 11 is 0. The first-order chi connectivity index (χ1) is 11.2. The molecule has 1 N–H and O–H groups in total. The van der Waals surface area contributed by atoms with Crippen LogP contribution in [-0.2, 0) is 13.0 Å². The molecule has 1 aliphatic rings. The van der Waals surface area contributed by atoms with E-state index in [4.69, 9.17) is 5.11 Å². The highest BCUT2D eigenvalue weighted by Gasteiger charge is 2.21. The number of unbranched alkanes of at least 4 members (excludes halogenated alkanes) is 1. The molecule has 0 bridgehead atoms. The van der Waals surface area contributed by atoms with Crippen LogP contribution in [0.15, 0.2) is 6.20 Å². The lowest BCUT2D eigenvalue weighted by Gasteiger charge is -2.34. The van der Waals surface area contributed by atoms with Crippen molar-refractivity contribution in [1.29, 1.82) is 0 Å². The Morgan fingerprint density at radius 2 is 2.09 bits per heavy atom. The lowest BCUT2D eigenvalue weighted by Crippen LogP contribution is -2.38. The smallest absolute Gasteiger partial charge is 0.0849 e. The lowest BCUT2D eigenvalue weighted by atomic mass is 9.94. The molecule has 2 rings (SSSR count). The molecule has 2 heterocycles. The molecule has 0 aromatic carbocycles. The molecule has 0 saturated carbocycles. The maximum atomic E-state index is 8.94. The summed E-state index contributed by atoms with van der Waals surface area (Å²) in [7, 11) is 0. The first kappa shape index (κ1) is 18.4. The molecule has 1 saturated heterocycles. The molecular weight excluding hydrogens is 288 g/mol. The third kappa shape index (κ3) is 6.22. The Balaban J connectivity index is 1.70. The number of aliphatic hydroxyl groups excluding tert-OH is 1. The van der Waals surface area contributed by atoms with Crippen molar-refractivity contribution in [3.05, 3.63) is 11.9 Å². The third-order valence-corrected chi connectivity index (χ3v) is 5.17. The Morgan fingerprint density at radius 1 is 1.30 bits per heavy atom. The molecule has 1 fully saturated rings. The maximum Gasteiger partial charge on any atom is 0.0849 e. The van der Waals surface area contributed by atoms with Crippen LogP contribution in [0.3, 0.4) is 0 Å². The van der Waals surface area contributed by atoms with Crippen LogP contribution in [-0.4, -0.2) is 51.2 Å². The van der Waals surface area contributed by atoms with Crippen molar-refractivity contribution in [2.75, 3.05) is 26.2 Å². The van der Waals surface area contributed by atoms with Crippen molar-refractivity contribution in [3.8, 4) is 0 Å². The van der Waals surface area contributed by atoms with Gasteiger partial charge in [-0.1, -0.05) is 38.3 Å². The van der Waals surface area contributed by atoms with Crippen molar-refractivity contribution in [1.82, 2.24) is 19.9 Å². The molecule has 1 atom stereocenters. The molecule has 5 heteroatoms. The van der Waals surface area contributed by atoms with E-state index in [-0.39, 0.29) is 6.61 Å². The van der Waals surface area contributed by atoms with Crippen LogP contribution >= 0.6 is 0 Å². The van der Waals surface area contributed by atoms with Gasteiger partial charge in [-0.15, -0.1) is 5.10 Å². The zero-order valence-corrected chi connectivity index (χ0v) is 15.0. The fraction of sp³-hybridized carbons (Fsp3) is 0.889. The molecule has 1 aliphatic heterocycles. The minimum atomic E-state index is 0.147. The summed E-state index contributed by atoms with van der Waals surface area (Å²) in [6.45, 7) is 9.48. The number of aliphatic hydroxyl groups is 1. The quantitative estimate of drug-likeness (QED) is 0.719. The Hall–Kier alpha value is -0.940. The van der Waals surface area contributed by atoms with Gasteiger partial charge in [-0.05, 0) is 44.2 Å². The molecule has 1 unspecified atom stereocenters. The van der Waals surface area contributed by atoms with Gasteiger partial charge in [0.25, 0.3) is 0 Å². The Labute approximate surface area is 141 Å². The first-order valence-corrected chi connectivity index (χ1v) is 9.47. The van der Waals surface area contributed by atoms with Gasteiger partial charge >= 0.3 is 0 Å². The van der Waals surface area contributed by atoms with Gasteiger partial charge in [0.15, 0.2) is 0 Å². The van der Waals surface area contributed by atoms with E-state index in [1.807, 2.05) is 10.9 Å². The predicted octanol–water partition coefficient (Wildman–Crippen LogP) is 2.74. The summed E-state index contributed by atoms with van der Waals surface area (Å²) in [4.78, 5) is 2.67. The van der Waals surface area contributed by atoms with Gasteiger partial charge in [0.1, 0.15) is 0 Å². The zero-order chi connectivity index (χ0) is 16.5. The van der Waals surface area contributed by atoms with Crippen LogP contribution in [0.1, 0.15) is 58.1 Å². The van der Waals surface area contributed by atoms with Crippen LogP contribution < -0.4 is 0 Å². The molecule has 0 aliphatic carbocycles. The van der Waals surface area contributed by atoms with E-state index in [0.717, 1.165) is 18.2 Å². The van der Waals surface area contributed by atoms with Gasteiger partial charge in [0.05, 0.1) is 5.69 Å². The SMILES string of the molecule is CCCCC(CC)CN1CCC(Cn2cc(CCO)nn2)CC1. The van der Waals surface area contributed by atoms with Crippen LogP contribution in [0.2, 0.25) is 0 Å². The van der Waals surface area contributed by atoms with Gasteiger partial charge in [-0.3, -0.25) is 4.68 Å². The second-order valence-corrected chi connectivity index (χ2v) is 7.07. The first-order valence-electron chi connectivity index (χ1n) is 9.47. The van der Waals surface area contributed by atoms with Gasteiger partial charge in [0.2, 0.25) is 0 Å². The molecule has 0 spiro atoms. The number of aromatic nitrogens is 3. The van der Waals surface area contributed by atoms with E-state index in [1.54, 1.807) is 0 Å². The second kappa shape index (κ2) is 10.0. The Bertz CT molecular complexity index is 426. The molecule has 0 radical (unpaired) electrons. The summed E-state index contributed by atoms with van der Waals surface area (Å²) < 4.78 is 1.96. The molecule has 132 valence electrons. The molecule has 0 amide bonds. The topological polar surface area (TPSA) is 54.2 Å². The molecular formula is C18H34N4O. The zero-order valence-electron chi connectivity index (χ0n) is 15.0. The number of hydrogen-bond donors (Lipinski definition) is 1. The molecule has 1 aromatic rings. The Morgan fingerprint density at radius 3 is 2.74 bits per heavy atom. The highest BCUT2D eigenvalue weighted by atomic mass is 16.3. The summed E-state index contributed by atoms with van der Waals surface area (Å²) in [5.41, 5.74) is 0.895. The average Bonchev–Trinajstić information content (AvgIpc) is 3.00. The average molecular weight is 322 g/mol. The summed E-state index contributed by atoms with van der Waals surface area (Å²) in [6, 6.07) is 0.